The minimum absolute atomic E-state index is 0.0185. The van der Waals surface area contributed by atoms with Gasteiger partial charge in [-0.15, -0.1) is 0 Å². The van der Waals surface area contributed by atoms with Crippen LogP contribution in [-0.4, -0.2) is 32.9 Å². The van der Waals surface area contributed by atoms with Crippen molar-refractivity contribution >= 4 is 22.6 Å². The third-order valence-corrected chi connectivity index (χ3v) is 5.72. The molecular weight excluding hydrogens is 372 g/mol. The number of Topliss-reactive ketones (excluding diaryl/α,β-unsaturated/α-hetero) is 2. The lowest BCUT2D eigenvalue weighted by molar-refractivity contribution is -0.138. The Morgan fingerprint density at radius 1 is 1.10 bits per heavy atom. The Morgan fingerprint density at radius 3 is 2.52 bits per heavy atom. The maximum absolute atomic E-state index is 13.3. The normalized spacial score (nSPS) is 19.7. The summed E-state index contributed by atoms with van der Waals surface area (Å²) < 4.78 is 7.91. The lowest BCUT2D eigenvalue weighted by Gasteiger charge is -2.27. The van der Waals surface area contributed by atoms with E-state index >= 15 is 0 Å². The fourth-order valence-electron chi connectivity index (χ4n) is 4.17. The highest BCUT2D eigenvalue weighted by atomic mass is 16.5. The number of para-hydroxylation sites is 1. The van der Waals surface area contributed by atoms with E-state index in [9.17, 15) is 19.5 Å². The number of nitrogens with zero attached hydrogens (tertiary/aromatic N) is 2. The molecular formula is C22H22N2O5. The molecule has 1 heterocycles. The number of aryl methyl sites for hydroxylation is 1. The van der Waals surface area contributed by atoms with Crippen molar-refractivity contribution in [2.75, 3.05) is 7.11 Å². The summed E-state index contributed by atoms with van der Waals surface area (Å²) in [6, 6.07) is 11.4. The zero-order chi connectivity index (χ0) is 20.7. The van der Waals surface area contributed by atoms with Crippen LogP contribution < -0.4 is 10.4 Å². The van der Waals surface area contributed by atoms with Crippen molar-refractivity contribution in [3.63, 3.8) is 0 Å². The van der Waals surface area contributed by atoms with Crippen molar-refractivity contribution < 1.29 is 19.4 Å². The summed E-state index contributed by atoms with van der Waals surface area (Å²) in [7, 11) is 3.14. The van der Waals surface area contributed by atoms with Crippen LogP contribution in [0.25, 0.3) is 11.0 Å². The summed E-state index contributed by atoms with van der Waals surface area (Å²) in [6.07, 6.45) is 0.813. The van der Waals surface area contributed by atoms with Gasteiger partial charge in [0.2, 0.25) is 0 Å². The maximum Gasteiger partial charge on any atom is 0.329 e. The first-order valence-electron chi connectivity index (χ1n) is 9.50. The minimum atomic E-state index is -0.790. The summed E-state index contributed by atoms with van der Waals surface area (Å²) in [5.41, 5.74) is 1.36. The van der Waals surface area contributed by atoms with Gasteiger partial charge < -0.3 is 9.84 Å². The summed E-state index contributed by atoms with van der Waals surface area (Å²) in [5, 5.41) is 10.2. The first-order chi connectivity index (χ1) is 13.9. The second kappa shape index (κ2) is 7.24. The monoisotopic (exact) mass is 394 g/mol. The van der Waals surface area contributed by atoms with Gasteiger partial charge in [0.1, 0.15) is 22.8 Å². The summed E-state index contributed by atoms with van der Waals surface area (Å²) >= 11 is 0. The van der Waals surface area contributed by atoms with Crippen LogP contribution in [0.5, 0.6) is 11.5 Å². The van der Waals surface area contributed by atoms with E-state index in [1.54, 1.807) is 38.4 Å². The number of phenolic OH excluding ortho intramolecular Hbond substituents is 1. The maximum atomic E-state index is 13.3. The lowest BCUT2D eigenvalue weighted by atomic mass is 9.79. The molecule has 7 heteroatoms. The Morgan fingerprint density at radius 2 is 1.83 bits per heavy atom. The minimum Gasteiger partial charge on any atom is -0.506 e. The zero-order valence-electron chi connectivity index (χ0n) is 16.3. The second-order valence-corrected chi connectivity index (χ2v) is 7.38. The van der Waals surface area contributed by atoms with Crippen molar-refractivity contribution in [2.24, 2.45) is 13.0 Å². The van der Waals surface area contributed by atoms with E-state index < -0.39 is 12.0 Å². The topological polar surface area (TPSA) is 90.5 Å². The number of benzene rings is 2. The number of ether oxygens (including phenoxy) is 1. The van der Waals surface area contributed by atoms with Crippen LogP contribution in [0.2, 0.25) is 0 Å². The number of hydrogen-bond acceptors (Lipinski definition) is 5. The molecule has 1 aliphatic carbocycles. The van der Waals surface area contributed by atoms with Gasteiger partial charge in [0.05, 0.1) is 24.6 Å². The number of carbonyl (C=O) groups is 2. The smallest absolute Gasteiger partial charge is 0.329 e. The Hall–Kier alpha value is -3.35. The number of ketones is 2. The van der Waals surface area contributed by atoms with Crippen molar-refractivity contribution in [2.45, 2.75) is 25.3 Å². The van der Waals surface area contributed by atoms with Crippen molar-refractivity contribution in [1.29, 1.82) is 0 Å². The molecule has 0 aliphatic heterocycles. The van der Waals surface area contributed by atoms with E-state index in [0.717, 1.165) is 5.56 Å². The zero-order valence-corrected chi connectivity index (χ0v) is 16.3. The first kappa shape index (κ1) is 19.0. The van der Waals surface area contributed by atoms with E-state index in [4.69, 9.17) is 4.74 Å². The molecule has 150 valence electrons. The summed E-state index contributed by atoms with van der Waals surface area (Å²) in [5.74, 6) is -0.458. The average Bonchev–Trinajstić information content (AvgIpc) is 2.97. The molecule has 0 bridgehead atoms. The van der Waals surface area contributed by atoms with Gasteiger partial charge >= 0.3 is 5.69 Å². The summed E-state index contributed by atoms with van der Waals surface area (Å²) in [4.78, 5) is 38.7. The predicted molar refractivity (Wildman–Crippen MR) is 107 cm³/mol. The second-order valence-electron chi connectivity index (χ2n) is 7.38. The number of hydrogen-bond donors (Lipinski definition) is 1. The molecule has 0 saturated heterocycles. The summed E-state index contributed by atoms with van der Waals surface area (Å²) in [6.45, 7) is 0. The molecule has 1 fully saturated rings. The quantitative estimate of drug-likeness (QED) is 0.686. The lowest BCUT2D eigenvalue weighted by Crippen LogP contribution is -2.41. The number of methoxy groups -OCH3 is 1. The number of aromatic hydroxyl groups is 1. The highest BCUT2D eigenvalue weighted by molar-refractivity contribution is 6.07. The van der Waals surface area contributed by atoms with Gasteiger partial charge in [-0.25, -0.2) is 4.79 Å². The highest BCUT2D eigenvalue weighted by Gasteiger charge is 2.39. The standard InChI is InChI=1S/C22H22N2O5/c1-23-20-16(4-3-5-19(20)26)24(22(23)28)17-10-11-18(25)15(21(17)27)12-13-6-8-14(29-2)9-7-13/h3-9,15,17,26H,10-12H2,1-2H3. The molecule has 7 nitrogen and oxygen atoms in total. The van der Waals surface area contributed by atoms with Crippen molar-refractivity contribution in [3.8, 4) is 11.5 Å². The van der Waals surface area contributed by atoms with Gasteiger partial charge in [-0.3, -0.25) is 18.7 Å². The van der Waals surface area contributed by atoms with Crippen molar-refractivity contribution in [3.05, 3.63) is 58.5 Å². The van der Waals surface area contributed by atoms with Gasteiger partial charge in [0.15, 0.2) is 5.78 Å². The molecule has 2 unspecified atom stereocenters. The third kappa shape index (κ3) is 3.12. The van der Waals surface area contributed by atoms with Gasteiger partial charge in [0.25, 0.3) is 0 Å². The molecule has 1 saturated carbocycles. The fourth-order valence-corrected chi connectivity index (χ4v) is 4.17. The average molecular weight is 394 g/mol. The Balaban J connectivity index is 1.71. The van der Waals surface area contributed by atoms with Gasteiger partial charge in [-0.05, 0) is 42.7 Å². The molecule has 1 aromatic heterocycles. The molecule has 1 N–H and O–H groups in total. The Bertz CT molecular complexity index is 1160. The molecule has 4 rings (SSSR count). The van der Waals surface area contributed by atoms with Crippen LogP contribution in [0.4, 0.5) is 0 Å². The van der Waals surface area contributed by atoms with Crippen LogP contribution >= 0.6 is 0 Å². The van der Waals surface area contributed by atoms with Crippen LogP contribution in [0.1, 0.15) is 24.4 Å². The van der Waals surface area contributed by atoms with Crippen LogP contribution in [0.15, 0.2) is 47.3 Å². The molecule has 0 amide bonds. The van der Waals surface area contributed by atoms with Gasteiger partial charge in [-0.1, -0.05) is 18.2 Å². The molecule has 0 spiro atoms. The van der Waals surface area contributed by atoms with Crippen molar-refractivity contribution in [1.82, 2.24) is 9.13 Å². The number of phenols is 1. The largest absolute Gasteiger partial charge is 0.506 e. The molecule has 3 aromatic rings. The van der Waals surface area contributed by atoms with E-state index in [1.807, 2.05) is 12.1 Å². The SMILES string of the molecule is COc1ccc(CC2C(=O)CCC(n3c(=O)n(C)c4c(O)cccc43)C2=O)cc1. The fraction of sp³-hybridized carbons (Fsp3) is 0.318. The number of rotatable bonds is 4. The Kier molecular flexibility index (Phi) is 4.74. The number of fused-ring (bicyclic) bond motifs is 1. The van der Waals surface area contributed by atoms with Gasteiger partial charge in [0, 0.05) is 13.5 Å². The Labute approximate surface area is 167 Å². The van der Waals surface area contributed by atoms with Crippen LogP contribution in [0, 0.1) is 5.92 Å². The van der Waals surface area contributed by atoms with E-state index in [2.05, 4.69) is 0 Å². The third-order valence-electron chi connectivity index (χ3n) is 5.72. The van der Waals surface area contributed by atoms with Crippen LogP contribution in [-0.2, 0) is 23.1 Å². The molecule has 29 heavy (non-hydrogen) atoms. The highest BCUT2D eigenvalue weighted by Crippen LogP contribution is 2.33. The van der Waals surface area contributed by atoms with E-state index in [-0.39, 0.29) is 35.8 Å². The molecule has 2 aromatic carbocycles. The first-order valence-corrected chi connectivity index (χ1v) is 9.50. The molecule has 2 atom stereocenters. The molecule has 0 radical (unpaired) electrons. The number of carbonyl (C=O) groups excluding carboxylic acids is 2. The number of aromatic nitrogens is 2. The van der Waals surface area contributed by atoms with Crippen LogP contribution in [0.3, 0.4) is 0 Å². The van der Waals surface area contributed by atoms with E-state index in [0.29, 0.717) is 23.2 Å². The van der Waals surface area contributed by atoms with E-state index in [1.165, 1.54) is 15.2 Å². The molecule has 1 aliphatic rings. The number of imidazole rings is 1. The van der Waals surface area contributed by atoms with Gasteiger partial charge in [-0.2, -0.15) is 0 Å². The predicted octanol–water partition coefficient (Wildman–Crippen LogP) is 2.39.